The number of H-pyrrole nitrogens is 1. The number of thioether (sulfide) groups is 1. The van der Waals surface area contributed by atoms with E-state index >= 15 is 0 Å². The first kappa shape index (κ1) is 22.2. The van der Waals surface area contributed by atoms with Gasteiger partial charge in [0.05, 0.1) is 11.3 Å². The summed E-state index contributed by atoms with van der Waals surface area (Å²) in [5, 5.41) is 20.5. The van der Waals surface area contributed by atoms with Gasteiger partial charge in [0.1, 0.15) is 11.8 Å². The predicted octanol–water partition coefficient (Wildman–Crippen LogP) is 4.79. The first-order valence-electron chi connectivity index (χ1n) is 10.2. The summed E-state index contributed by atoms with van der Waals surface area (Å²) in [7, 11) is 0. The van der Waals surface area contributed by atoms with Crippen molar-refractivity contribution in [2.75, 3.05) is 0 Å². The highest BCUT2D eigenvalue weighted by Crippen LogP contribution is 2.39. The predicted molar refractivity (Wildman–Crippen MR) is 128 cm³/mol. The van der Waals surface area contributed by atoms with E-state index in [0.29, 0.717) is 39.9 Å². The summed E-state index contributed by atoms with van der Waals surface area (Å²) in [6, 6.07) is 14.3. The molecule has 0 spiro atoms. The van der Waals surface area contributed by atoms with E-state index in [1.807, 2.05) is 24.3 Å². The van der Waals surface area contributed by atoms with Crippen LogP contribution in [-0.2, 0) is 22.4 Å². The van der Waals surface area contributed by atoms with Crippen LogP contribution in [0.15, 0.2) is 75.8 Å². The van der Waals surface area contributed by atoms with Crippen LogP contribution in [0.3, 0.4) is 0 Å². The lowest BCUT2D eigenvalue weighted by Gasteiger charge is -2.12. The Labute approximate surface area is 205 Å². The number of aromatic amines is 1. The Balaban J connectivity index is 1.34. The van der Waals surface area contributed by atoms with Crippen LogP contribution in [0.1, 0.15) is 17.4 Å². The number of nitro groups is 1. The molecule has 12 heteroatoms. The molecule has 0 aliphatic carbocycles. The van der Waals surface area contributed by atoms with Crippen LogP contribution >= 0.6 is 27.7 Å². The fourth-order valence-corrected chi connectivity index (χ4v) is 4.73. The van der Waals surface area contributed by atoms with Gasteiger partial charge in [-0.05, 0) is 24.2 Å². The number of rotatable bonds is 7. The molecule has 0 saturated carbocycles. The number of aryl methyl sites for hydroxylation is 2. The Morgan fingerprint density at radius 1 is 1.24 bits per heavy atom. The molecule has 2 aromatic heterocycles. The lowest BCUT2D eigenvalue weighted by atomic mass is 10.1. The van der Waals surface area contributed by atoms with Crippen molar-refractivity contribution in [3.8, 4) is 0 Å². The van der Waals surface area contributed by atoms with Crippen LogP contribution in [0.25, 0.3) is 11.2 Å². The lowest BCUT2D eigenvalue weighted by molar-refractivity contribution is -0.385. The van der Waals surface area contributed by atoms with Crippen molar-refractivity contribution < 1.29 is 14.4 Å². The number of hydrogen-bond donors (Lipinski definition) is 2. The Morgan fingerprint density at radius 3 is 2.85 bits per heavy atom. The molecule has 172 valence electrons. The van der Waals surface area contributed by atoms with Crippen molar-refractivity contribution >= 4 is 44.5 Å². The monoisotopic (exact) mass is 540 g/mol. The van der Waals surface area contributed by atoms with Crippen molar-refractivity contribution in [3.05, 3.63) is 97.4 Å². The average Bonchev–Trinajstić information content (AvgIpc) is 3.47. The van der Waals surface area contributed by atoms with Crippen LogP contribution in [-0.4, -0.2) is 24.4 Å². The molecule has 10 nitrogen and oxygen atoms in total. The molecule has 1 aliphatic rings. The van der Waals surface area contributed by atoms with Gasteiger partial charge in [0, 0.05) is 28.2 Å². The van der Waals surface area contributed by atoms with E-state index < -0.39 is 6.29 Å². The lowest BCUT2D eigenvalue weighted by Crippen LogP contribution is -2.14. The number of ether oxygens (including phenoxy) is 2. The highest BCUT2D eigenvalue weighted by atomic mass is 79.9. The van der Waals surface area contributed by atoms with Gasteiger partial charge in [-0.1, -0.05) is 52.3 Å². The van der Waals surface area contributed by atoms with Gasteiger partial charge in [-0.15, -0.1) is 0 Å². The van der Waals surface area contributed by atoms with E-state index in [9.17, 15) is 10.1 Å². The van der Waals surface area contributed by atoms with E-state index in [4.69, 9.17) is 14.9 Å². The molecular formula is C22H17BrN6O4S. The van der Waals surface area contributed by atoms with Crippen LogP contribution in [0.4, 0.5) is 5.69 Å². The summed E-state index contributed by atoms with van der Waals surface area (Å²) < 4.78 is 14.2. The molecule has 34 heavy (non-hydrogen) atoms. The number of fused-ring (bicyclic) bond motifs is 1. The normalized spacial score (nSPS) is 15.1. The molecule has 4 aromatic rings. The number of imidazole rings is 1. The van der Waals surface area contributed by atoms with E-state index in [2.05, 4.69) is 30.9 Å². The maximum absolute atomic E-state index is 11.3. The minimum absolute atomic E-state index is 0.0555. The summed E-state index contributed by atoms with van der Waals surface area (Å²) in [4.78, 5) is 22.8. The zero-order chi connectivity index (χ0) is 23.7. The Morgan fingerprint density at radius 2 is 2.03 bits per heavy atom. The number of nitrogens with one attached hydrogen (secondary N) is 2. The Bertz CT molecular complexity index is 1480. The highest BCUT2D eigenvalue weighted by molar-refractivity contribution is 9.10. The summed E-state index contributed by atoms with van der Waals surface area (Å²) in [6.45, 7) is 0.413. The third kappa shape index (κ3) is 4.41. The number of nitro benzene ring substituents is 1. The Hall–Kier alpha value is -3.64. The topological polar surface area (TPSA) is 132 Å². The third-order valence-corrected chi connectivity index (χ3v) is 6.68. The highest BCUT2D eigenvalue weighted by Gasteiger charge is 2.25. The summed E-state index contributed by atoms with van der Waals surface area (Å²) in [5.74, 6) is 0. The standard InChI is InChI=1S/C22H17BrN6O4S/c23-15-7-3-2-6-14(15)21-32-11-17(33-21)34-22-26-18-19(24)25-12-28(20(18)27-22)10-9-13-5-1-4-8-16(13)29(30)31/h1-8,11-12,21,24H,9-10H2,(H,26,27). The molecule has 3 heterocycles. The maximum atomic E-state index is 11.3. The van der Waals surface area contributed by atoms with Crippen molar-refractivity contribution in [1.82, 2.24) is 19.5 Å². The molecular weight excluding hydrogens is 524 g/mol. The van der Waals surface area contributed by atoms with Crippen LogP contribution in [0.5, 0.6) is 0 Å². The van der Waals surface area contributed by atoms with Gasteiger partial charge in [-0.3, -0.25) is 15.5 Å². The summed E-state index contributed by atoms with van der Waals surface area (Å²) in [5.41, 5.74) is 2.61. The van der Waals surface area contributed by atoms with Gasteiger partial charge in [-0.2, -0.15) is 0 Å². The average molecular weight is 541 g/mol. The summed E-state index contributed by atoms with van der Waals surface area (Å²) >= 11 is 4.74. The first-order valence-corrected chi connectivity index (χ1v) is 11.8. The summed E-state index contributed by atoms with van der Waals surface area (Å²) in [6.07, 6.45) is 2.90. The van der Waals surface area contributed by atoms with E-state index in [0.717, 1.165) is 10.0 Å². The van der Waals surface area contributed by atoms with Crippen molar-refractivity contribution in [3.63, 3.8) is 0 Å². The zero-order valence-electron chi connectivity index (χ0n) is 17.5. The maximum Gasteiger partial charge on any atom is 0.272 e. The van der Waals surface area contributed by atoms with Gasteiger partial charge in [0.2, 0.25) is 5.09 Å². The van der Waals surface area contributed by atoms with E-state index in [-0.39, 0.29) is 16.1 Å². The molecule has 0 amide bonds. The van der Waals surface area contributed by atoms with E-state index in [1.54, 1.807) is 22.8 Å². The third-order valence-electron chi connectivity index (χ3n) is 5.18. The number of aromatic nitrogens is 4. The van der Waals surface area contributed by atoms with Gasteiger partial charge >= 0.3 is 0 Å². The zero-order valence-corrected chi connectivity index (χ0v) is 19.9. The largest absolute Gasteiger partial charge is 0.454 e. The van der Waals surface area contributed by atoms with Crippen molar-refractivity contribution in [2.24, 2.45) is 0 Å². The van der Waals surface area contributed by atoms with Crippen LogP contribution < -0.4 is 5.49 Å². The number of halogens is 1. The molecule has 1 atom stereocenters. The molecule has 5 rings (SSSR count). The minimum atomic E-state index is -0.567. The number of hydrogen-bond acceptors (Lipinski definition) is 8. The van der Waals surface area contributed by atoms with Gasteiger partial charge in [0.15, 0.2) is 16.3 Å². The number of para-hydroxylation sites is 1. The molecule has 2 aromatic carbocycles. The fraction of sp³-hybridized carbons (Fsp3) is 0.136. The fourth-order valence-electron chi connectivity index (χ4n) is 3.54. The Kier molecular flexibility index (Phi) is 6.07. The second-order valence-corrected chi connectivity index (χ2v) is 9.16. The first-order chi connectivity index (χ1) is 16.5. The minimum Gasteiger partial charge on any atom is -0.454 e. The van der Waals surface area contributed by atoms with Crippen molar-refractivity contribution in [2.45, 2.75) is 24.4 Å². The SMILES string of the molecule is N=c1ncn(CCc2ccccc2[N+](=O)[O-])c2nc(SC3=COC(c4ccccc4Br)O3)[nH]c12. The smallest absolute Gasteiger partial charge is 0.272 e. The van der Waals surface area contributed by atoms with Crippen LogP contribution in [0, 0.1) is 15.5 Å². The number of nitrogens with zero attached hydrogens (tertiary/aromatic N) is 4. The van der Waals surface area contributed by atoms with E-state index in [1.165, 1.54) is 30.4 Å². The molecule has 0 bridgehead atoms. The molecule has 0 radical (unpaired) electrons. The molecule has 0 saturated heterocycles. The molecule has 1 unspecified atom stereocenters. The second kappa shape index (κ2) is 9.31. The van der Waals surface area contributed by atoms with Gasteiger partial charge in [0.25, 0.3) is 12.0 Å². The van der Waals surface area contributed by atoms with Crippen LogP contribution in [0.2, 0.25) is 0 Å². The van der Waals surface area contributed by atoms with Crippen molar-refractivity contribution in [1.29, 1.82) is 5.41 Å². The molecule has 0 fully saturated rings. The van der Waals surface area contributed by atoms with Gasteiger partial charge < -0.3 is 19.0 Å². The van der Waals surface area contributed by atoms with Gasteiger partial charge in [-0.25, -0.2) is 9.97 Å². The quantitative estimate of drug-likeness (QED) is 0.254. The second-order valence-electron chi connectivity index (χ2n) is 7.31. The molecule has 1 aliphatic heterocycles. The molecule has 2 N–H and O–H groups in total. The number of benzene rings is 2.